The minimum absolute atomic E-state index is 0.0222. The van der Waals surface area contributed by atoms with E-state index in [1.165, 1.54) is 0 Å². The number of hydrogen-bond donors (Lipinski definition) is 3. The number of rotatable bonds is 7. The number of aliphatic hydroxyl groups is 1. The molecule has 148 valence electrons. The van der Waals surface area contributed by atoms with Crippen LogP contribution in [0.1, 0.15) is 36.1 Å². The molecule has 0 radical (unpaired) electrons. The van der Waals surface area contributed by atoms with Crippen molar-refractivity contribution in [3.8, 4) is 5.75 Å². The summed E-state index contributed by atoms with van der Waals surface area (Å²) in [6.45, 7) is 2.47. The molecule has 6 nitrogen and oxygen atoms in total. The molecule has 0 aliphatic carbocycles. The molecule has 1 aliphatic rings. The van der Waals surface area contributed by atoms with Gasteiger partial charge in [0.05, 0.1) is 6.61 Å². The average Bonchev–Trinajstić information content (AvgIpc) is 3.08. The van der Waals surface area contributed by atoms with Crippen LogP contribution in [0.4, 0.5) is 0 Å². The van der Waals surface area contributed by atoms with E-state index < -0.39 is 0 Å². The van der Waals surface area contributed by atoms with E-state index in [0.717, 1.165) is 22.4 Å². The molecule has 0 unspecified atom stereocenters. The Morgan fingerprint density at radius 1 is 1.32 bits per heavy atom. The number of aliphatic hydroxyl groups excluding tert-OH is 1. The first-order valence-electron chi connectivity index (χ1n) is 9.23. The van der Waals surface area contributed by atoms with Crippen molar-refractivity contribution in [3.05, 3.63) is 68.6 Å². The van der Waals surface area contributed by atoms with Gasteiger partial charge in [-0.25, -0.2) is 0 Å². The third-order valence-electron chi connectivity index (χ3n) is 4.59. The van der Waals surface area contributed by atoms with Gasteiger partial charge in [-0.3, -0.25) is 9.59 Å². The Labute approximate surface area is 168 Å². The molecule has 0 spiro atoms. The summed E-state index contributed by atoms with van der Waals surface area (Å²) in [6.07, 6.45) is 3.73. The lowest BCUT2D eigenvalue weighted by atomic mass is 9.97. The molecule has 1 saturated heterocycles. The third-order valence-corrected chi connectivity index (χ3v) is 4.89. The van der Waals surface area contributed by atoms with Crippen LogP contribution >= 0.6 is 11.6 Å². The molecule has 0 saturated carbocycles. The maximum Gasteiger partial charge on any atom is 0.267 e. The van der Waals surface area contributed by atoms with E-state index in [1.54, 1.807) is 12.1 Å². The lowest BCUT2D eigenvalue weighted by molar-refractivity contribution is -0.119. The van der Waals surface area contributed by atoms with Gasteiger partial charge >= 0.3 is 0 Å². The Bertz CT molecular complexity index is 952. The Morgan fingerprint density at radius 2 is 2.14 bits per heavy atom. The topological polar surface area (TPSA) is 91.4 Å². The first kappa shape index (κ1) is 20.2. The zero-order valence-corrected chi connectivity index (χ0v) is 16.4. The van der Waals surface area contributed by atoms with Crippen molar-refractivity contribution in [2.24, 2.45) is 0 Å². The van der Waals surface area contributed by atoms with E-state index in [-0.39, 0.29) is 29.1 Å². The van der Waals surface area contributed by atoms with E-state index in [4.69, 9.17) is 21.4 Å². The summed E-state index contributed by atoms with van der Waals surface area (Å²) in [5, 5.41) is 12.0. The highest BCUT2D eigenvalue weighted by Crippen LogP contribution is 2.28. The van der Waals surface area contributed by atoms with Gasteiger partial charge in [0.2, 0.25) is 5.91 Å². The molecule has 1 atom stereocenters. The highest BCUT2D eigenvalue weighted by atomic mass is 35.5. The van der Waals surface area contributed by atoms with E-state index in [0.29, 0.717) is 31.6 Å². The predicted octanol–water partition coefficient (Wildman–Crippen LogP) is 2.81. The first-order chi connectivity index (χ1) is 13.5. The Morgan fingerprint density at radius 3 is 2.79 bits per heavy atom. The monoisotopic (exact) mass is 402 g/mol. The van der Waals surface area contributed by atoms with Gasteiger partial charge in [0.1, 0.15) is 10.8 Å². The van der Waals surface area contributed by atoms with Crippen molar-refractivity contribution >= 4 is 23.1 Å². The van der Waals surface area contributed by atoms with Crippen molar-refractivity contribution in [2.75, 3.05) is 13.2 Å². The molecule has 3 rings (SSSR count). The molecule has 7 heteroatoms. The van der Waals surface area contributed by atoms with Crippen LogP contribution in [-0.4, -0.2) is 35.3 Å². The summed E-state index contributed by atoms with van der Waals surface area (Å²) in [6, 6.07) is 8.99. The Hall–Kier alpha value is -2.57. The van der Waals surface area contributed by atoms with Crippen molar-refractivity contribution in [2.45, 2.75) is 32.2 Å². The number of halogens is 1. The maximum atomic E-state index is 12.0. The molecule has 3 N–H and O–H groups in total. The van der Waals surface area contributed by atoms with Crippen LogP contribution in [0.5, 0.6) is 5.75 Å². The van der Waals surface area contributed by atoms with Crippen molar-refractivity contribution < 1.29 is 14.6 Å². The fourth-order valence-electron chi connectivity index (χ4n) is 3.14. The second-order valence-corrected chi connectivity index (χ2v) is 7.16. The minimum Gasteiger partial charge on any atom is -0.493 e. The number of benzene rings is 1. The molecular weight excluding hydrogens is 380 g/mol. The van der Waals surface area contributed by atoms with Crippen LogP contribution in [0.3, 0.4) is 0 Å². The normalized spacial score (nSPS) is 16.9. The van der Waals surface area contributed by atoms with Gasteiger partial charge in [-0.15, -0.1) is 0 Å². The molecular formula is C21H23ClN2O4. The summed E-state index contributed by atoms with van der Waals surface area (Å²) in [5.41, 5.74) is 2.91. The van der Waals surface area contributed by atoms with Gasteiger partial charge in [-0.05, 0) is 48.7 Å². The van der Waals surface area contributed by atoms with E-state index >= 15 is 0 Å². The average molecular weight is 403 g/mol. The summed E-state index contributed by atoms with van der Waals surface area (Å²) in [7, 11) is 0. The van der Waals surface area contributed by atoms with Crippen LogP contribution in [0.15, 0.2) is 41.2 Å². The zero-order valence-electron chi connectivity index (χ0n) is 15.6. The lowest BCUT2D eigenvalue weighted by Gasteiger charge is -2.15. The van der Waals surface area contributed by atoms with Crippen molar-refractivity contribution in [1.82, 2.24) is 10.3 Å². The molecule has 1 aromatic heterocycles. The summed E-state index contributed by atoms with van der Waals surface area (Å²) >= 11 is 5.87. The van der Waals surface area contributed by atoms with Crippen LogP contribution < -0.4 is 15.6 Å². The highest BCUT2D eigenvalue weighted by molar-refractivity contribution is 6.30. The molecule has 1 fully saturated rings. The van der Waals surface area contributed by atoms with Crippen molar-refractivity contribution in [1.29, 1.82) is 0 Å². The maximum absolute atomic E-state index is 12.0. The fourth-order valence-corrected chi connectivity index (χ4v) is 3.25. The summed E-state index contributed by atoms with van der Waals surface area (Å²) < 4.78 is 5.69. The molecule has 1 aliphatic heterocycles. The first-order valence-corrected chi connectivity index (χ1v) is 9.61. The molecule has 2 aromatic rings. The number of carbonyl (C=O) groups is 1. The number of ether oxygens (including phenoxy) is 1. The van der Waals surface area contributed by atoms with Crippen LogP contribution in [0, 0.1) is 6.92 Å². The molecule has 28 heavy (non-hydrogen) atoms. The van der Waals surface area contributed by atoms with E-state index in [1.807, 2.05) is 31.2 Å². The van der Waals surface area contributed by atoms with E-state index in [9.17, 15) is 9.59 Å². The third kappa shape index (κ3) is 4.82. The van der Waals surface area contributed by atoms with Gasteiger partial charge in [0, 0.05) is 36.8 Å². The fraction of sp³-hybridized carbons (Fsp3) is 0.333. The molecule has 2 heterocycles. The number of carbonyl (C=O) groups excluding carboxylic acids is 1. The summed E-state index contributed by atoms with van der Waals surface area (Å²) in [4.78, 5) is 26.4. The lowest BCUT2D eigenvalue weighted by Crippen LogP contribution is -2.23. The van der Waals surface area contributed by atoms with Crippen LogP contribution in [0.2, 0.25) is 5.02 Å². The number of aromatic amines is 1. The number of hydrogen-bond acceptors (Lipinski definition) is 4. The SMILES string of the molecule is Cc1cc(/C(=C/[C@H]2CCC(=O)N2)c2ccc(Cl)c(=O)[nH]2)ccc1OCCCO. The minimum atomic E-state index is -0.360. The van der Waals surface area contributed by atoms with Crippen LogP contribution in [0.25, 0.3) is 5.57 Å². The predicted molar refractivity (Wildman–Crippen MR) is 109 cm³/mol. The van der Waals surface area contributed by atoms with Gasteiger partial charge < -0.3 is 20.1 Å². The number of H-pyrrole nitrogens is 1. The second kappa shape index (κ2) is 9.08. The van der Waals surface area contributed by atoms with Gasteiger partial charge in [-0.1, -0.05) is 23.7 Å². The Kier molecular flexibility index (Phi) is 6.54. The van der Waals surface area contributed by atoms with Crippen molar-refractivity contribution in [3.63, 3.8) is 0 Å². The molecule has 0 bridgehead atoms. The van der Waals surface area contributed by atoms with Crippen LogP contribution in [-0.2, 0) is 4.79 Å². The van der Waals surface area contributed by atoms with Gasteiger partial charge in [0.15, 0.2) is 0 Å². The highest BCUT2D eigenvalue weighted by Gasteiger charge is 2.20. The smallest absolute Gasteiger partial charge is 0.267 e. The largest absolute Gasteiger partial charge is 0.493 e. The van der Waals surface area contributed by atoms with E-state index in [2.05, 4.69) is 10.3 Å². The standard InChI is InChI=1S/C21H23ClN2O4/c1-13-11-14(3-7-19(13)28-10-2-9-25)16(12-15-4-8-20(26)23-15)18-6-5-17(22)21(27)24-18/h3,5-7,11-12,15,25H,2,4,8-10H2,1H3,(H,23,26)(H,24,27)/b16-12-/t15-/m1/s1. The van der Waals surface area contributed by atoms with Gasteiger partial charge in [-0.2, -0.15) is 0 Å². The number of pyridine rings is 1. The summed E-state index contributed by atoms with van der Waals surface area (Å²) in [5.74, 6) is 0.768. The Balaban J connectivity index is 1.97. The number of aryl methyl sites for hydroxylation is 1. The quantitative estimate of drug-likeness (QED) is 0.621. The number of nitrogens with one attached hydrogen (secondary N) is 2. The second-order valence-electron chi connectivity index (χ2n) is 6.75. The van der Waals surface area contributed by atoms with Gasteiger partial charge in [0.25, 0.3) is 5.56 Å². The number of amides is 1. The zero-order chi connectivity index (χ0) is 20.1. The molecule has 1 amide bonds. The number of aromatic nitrogens is 1. The molecule has 1 aromatic carbocycles.